The molecule has 7 heteroatoms. The largest absolute Gasteiger partial charge is 0.365 e. The number of nitrogens with zero attached hydrogens (tertiary/aromatic N) is 4. The number of nitrogens with one attached hydrogen (secondary N) is 3. The summed E-state index contributed by atoms with van der Waals surface area (Å²) in [6.45, 7) is 1.95. The van der Waals surface area contributed by atoms with Crippen LogP contribution in [0.3, 0.4) is 0 Å². The summed E-state index contributed by atoms with van der Waals surface area (Å²) in [6, 6.07) is 16.4. The van der Waals surface area contributed by atoms with Gasteiger partial charge in [-0.2, -0.15) is 0 Å². The lowest BCUT2D eigenvalue weighted by Crippen LogP contribution is -2.51. The number of anilines is 3. The van der Waals surface area contributed by atoms with Crippen LogP contribution in [0.4, 0.5) is 17.5 Å². The normalized spacial score (nSPS) is 13.9. The van der Waals surface area contributed by atoms with Gasteiger partial charge >= 0.3 is 0 Å². The van der Waals surface area contributed by atoms with Crippen molar-refractivity contribution in [2.45, 2.75) is 6.04 Å². The van der Waals surface area contributed by atoms with Gasteiger partial charge in [0.25, 0.3) is 0 Å². The van der Waals surface area contributed by atoms with Crippen molar-refractivity contribution in [1.82, 2.24) is 25.3 Å². The van der Waals surface area contributed by atoms with Gasteiger partial charge in [0.2, 0.25) is 5.95 Å². The van der Waals surface area contributed by atoms with Crippen LogP contribution in [0.25, 0.3) is 22.2 Å². The number of hydrogen-bond acceptors (Lipinski definition) is 7. The molecule has 0 aliphatic carbocycles. The van der Waals surface area contributed by atoms with Gasteiger partial charge in [-0.15, -0.1) is 0 Å². The summed E-state index contributed by atoms with van der Waals surface area (Å²) in [5.74, 6) is 1.38. The molecular weight excluding hydrogens is 350 g/mol. The summed E-state index contributed by atoms with van der Waals surface area (Å²) in [6.07, 6.45) is 5.38. The molecule has 0 bridgehead atoms. The Kier molecular flexibility index (Phi) is 4.27. The Morgan fingerprint density at radius 1 is 0.893 bits per heavy atom. The molecule has 0 radical (unpaired) electrons. The van der Waals surface area contributed by atoms with Gasteiger partial charge < -0.3 is 16.0 Å². The first kappa shape index (κ1) is 16.6. The zero-order valence-electron chi connectivity index (χ0n) is 15.1. The van der Waals surface area contributed by atoms with Crippen LogP contribution in [-0.4, -0.2) is 39.1 Å². The first-order valence-corrected chi connectivity index (χ1v) is 9.23. The van der Waals surface area contributed by atoms with E-state index in [1.165, 1.54) is 0 Å². The van der Waals surface area contributed by atoms with E-state index in [0.717, 1.165) is 46.8 Å². The van der Waals surface area contributed by atoms with E-state index in [9.17, 15) is 0 Å². The van der Waals surface area contributed by atoms with E-state index in [0.29, 0.717) is 12.0 Å². The summed E-state index contributed by atoms with van der Waals surface area (Å²) in [7, 11) is 0. The Bertz CT molecular complexity index is 1090. The average Bonchev–Trinajstić information content (AvgIpc) is 2.72. The predicted molar refractivity (Wildman–Crippen MR) is 111 cm³/mol. The average molecular weight is 369 g/mol. The zero-order valence-corrected chi connectivity index (χ0v) is 15.1. The molecule has 1 saturated heterocycles. The summed E-state index contributed by atoms with van der Waals surface area (Å²) in [5, 5.41) is 10.8. The third-order valence-corrected chi connectivity index (χ3v) is 4.70. The monoisotopic (exact) mass is 369 g/mol. The molecular formula is C21H19N7. The Morgan fingerprint density at radius 2 is 1.79 bits per heavy atom. The number of rotatable bonds is 5. The Labute approximate surface area is 162 Å². The van der Waals surface area contributed by atoms with Crippen LogP contribution >= 0.6 is 0 Å². The molecule has 0 unspecified atom stereocenters. The number of fused-ring (bicyclic) bond motifs is 1. The molecule has 138 valence electrons. The van der Waals surface area contributed by atoms with Crippen molar-refractivity contribution >= 4 is 28.4 Å². The van der Waals surface area contributed by atoms with Crippen LogP contribution in [0, 0.1) is 0 Å². The van der Waals surface area contributed by atoms with Crippen LogP contribution in [0.15, 0.2) is 67.1 Å². The second kappa shape index (κ2) is 7.21. The summed E-state index contributed by atoms with van der Waals surface area (Å²) in [4.78, 5) is 18.1. The van der Waals surface area contributed by atoms with Crippen molar-refractivity contribution in [3.8, 4) is 11.3 Å². The third-order valence-electron chi connectivity index (χ3n) is 4.70. The SMILES string of the molecule is c1ccc(-c2nccc3cnc(Nc4ccc(NC5CNC5)nc4)nc23)cc1. The zero-order chi connectivity index (χ0) is 18.8. The van der Waals surface area contributed by atoms with Crippen LogP contribution in [0.2, 0.25) is 0 Å². The number of pyridine rings is 2. The van der Waals surface area contributed by atoms with E-state index in [1.54, 1.807) is 12.4 Å². The highest BCUT2D eigenvalue weighted by molar-refractivity contribution is 5.91. The molecule has 1 aliphatic rings. The number of hydrogen-bond donors (Lipinski definition) is 3. The van der Waals surface area contributed by atoms with Gasteiger partial charge in [-0.05, 0) is 18.2 Å². The summed E-state index contributed by atoms with van der Waals surface area (Å²) in [5.41, 5.74) is 3.52. The quantitative estimate of drug-likeness (QED) is 0.498. The fourth-order valence-electron chi connectivity index (χ4n) is 3.11. The molecule has 7 nitrogen and oxygen atoms in total. The molecule has 3 aromatic heterocycles. The minimum Gasteiger partial charge on any atom is -0.365 e. The highest BCUT2D eigenvalue weighted by Gasteiger charge is 2.16. The second-order valence-electron chi connectivity index (χ2n) is 6.71. The van der Waals surface area contributed by atoms with Gasteiger partial charge in [0.1, 0.15) is 11.3 Å². The van der Waals surface area contributed by atoms with Gasteiger partial charge in [-0.1, -0.05) is 30.3 Å². The molecule has 4 aromatic rings. The van der Waals surface area contributed by atoms with Crippen molar-refractivity contribution < 1.29 is 0 Å². The van der Waals surface area contributed by atoms with Gasteiger partial charge in [0.15, 0.2) is 0 Å². The Hall–Kier alpha value is -3.58. The maximum atomic E-state index is 4.70. The number of aromatic nitrogens is 4. The van der Waals surface area contributed by atoms with Crippen LogP contribution < -0.4 is 16.0 Å². The molecule has 4 heterocycles. The Balaban J connectivity index is 1.41. The van der Waals surface area contributed by atoms with E-state index in [2.05, 4.69) is 30.9 Å². The minimum absolute atomic E-state index is 0.457. The van der Waals surface area contributed by atoms with E-state index < -0.39 is 0 Å². The van der Waals surface area contributed by atoms with E-state index >= 15 is 0 Å². The molecule has 0 spiro atoms. The van der Waals surface area contributed by atoms with Crippen LogP contribution in [-0.2, 0) is 0 Å². The lowest BCUT2D eigenvalue weighted by atomic mass is 10.1. The fraction of sp³-hybridized carbons (Fsp3) is 0.143. The van der Waals surface area contributed by atoms with E-state index in [4.69, 9.17) is 4.98 Å². The highest BCUT2D eigenvalue weighted by atomic mass is 15.1. The lowest BCUT2D eigenvalue weighted by molar-refractivity contribution is 0.471. The predicted octanol–water partition coefficient (Wildman–Crippen LogP) is 3.21. The van der Waals surface area contributed by atoms with Crippen LogP contribution in [0.5, 0.6) is 0 Å². The Morgan fingerprint density at radius 3 is 2.54 bits per heavy atom. The van der Waals surface area contributed by atoms with Crippen LogP contribution in [0.1, 0.15) is 0 Å². The van der Waals surface area contributed by atoms with E-state index in [-0.39, 0.29) is 0 Å². The molecule has 1 aromatic carbocycles. The van der Waals surface area contributed by atoms with Gasteiger partial charge in [-0.3, -0.25) is 4.98 Å². The first-order chi connectivity index (χ1) is 13.8. The topological polar surface area (TPSA) is 87.7 Å². The second-order valence-corrected chi connectivity index (χ2v) is 6.71. The molecule has 0 amide bonds. The maximum Gasteiger partial charge on any atom is 0.227 e. The standard InChI is InChI=1S/C21H19N7/c1-2-4-14(5-3-1)19-20-15(8-9-23-19)10-25-21(28-20)27-16-6-7-18(24-13-16)26-17-11-22-12-17/h1-10,13,17,22H,11-12H2,(H,24,26)(H,25,27,28). The maximum absolute atomic E-state index is 4.70. The van der Waals surface area contributed by atoms with E-state index in [1.807, 2.05) is 54.7 Å². The van der Waals surface area contributed by atoms with Gasteiger partial charge in [0.05, 0.1) is 23.6 Å². The van der Waals surface area contributed by atoms with Crippen molar-refractivity contribution in [3.05, 3.63) is 67.1 Å². The summed E-state index contributed by atoms with van der Waals surface area (Å²) < 4.78 is 0. The third kappa shape index (κ3) is 3.35. The molecule has 0 saturated carbocycles. The smallest absolute Gasteiger partial charge is 0.227 e. The van der Waals surface area contributed by atoms with Gasteiger partial charge in [-0.25, -0.2) is 15.0 Å². The molecule has 28 heavy (non-hydrogen) atoms. The van der Waals surface area contributed by atoms with Crippen molar-refractivity contribution in [1.29, 1.82) is 0 Å². The highest BCUT2D eigenvalue weighted by Crippen LogP contribution is 2.25. The molecule has 1 aliphatic heterocycles. The molecule has 5 rings (SSSR count). The molecule has 1 fully saturated rings. The summed E-state index contributed by atoms with van der Waals surface area (Å²) >= 11 is 0. The number of benzene rings is 1. The minimum atomic E-state index is 0.457. The molecule has 0 atom stereocenters. The lowest BCUT2D eigenvalue weighted by Gasteiger charge is -2.28. The molecule has 3 N–H and O–H groups in total. The first-order valence-electron chi connectivity index (χ1n) is 9.23. The van der Waals surface area contributed by atoms with Gasteiger partial charge in [0, 0.05) is 36.4 Å². The fourth-order valence-corrected chi connectivity index (χ4v) is 3.11. The van der Waals surface area contributed by atoms with Crippen molar-refractivity contribution in [2.24, 2.45) is 0 Å². The van der Waals surface area contributed by atoms with Crippen molar-refractivity contribution in [3.63, 3.8) is 0 Å². The van der Waals surface area contributed by atoms with Crippen molar-refractivity contribution in [2.75, 3.05) is 23.7 Å².